The SMILES string of the molecule is CCCOc1ccc(CBr)c(OCCCSC)c1. The molecule has 0 N–H and O–H groups in total. The van der Waals surface area contributed by atoms with Crippen LogP contribution in [0.1, 0.15) is 25.3 Å². The van der Waals surface area contributed by atoms with Crippen molar-refractivity contribution in [3.63, 3.8) is 0 Å². The first-order chi connectivity index (χ1) is 8.81. The summed E-state index contributed by atoms with van der Waals surface area (Å²) in [5.74, 6) is 2.96. The fourth-order valence-electron chi connectivity index (χ4n) is 1.47. The zero-order valence-corrected chi connectivity index (χ0v) is 13.5. The van der Waals surface area contributed by atoms with Crippen LogP contribution >= 0.6 is 27.7 Å². The van der Waals surface area contributed by atoms with Crippen LogP contribution in [0.5, 0.6) is 11.5 Å². The van der Waals surface area contributed by atoms with E-state index in [1.54, 1.807) is 0 Å². The van der Waals surface area contributed by atoms with Gasteiger partial charge in [0.25, 0.3) is 0 Å². The Bertz CT molecular complexity index is 345. The van der Waals surface area contributed by atoms with Gasteiger partial charge in [-0.15, -0.1) is 0 Å². The number of ether oxygens (including phenoxy) is 2. The van der Waals surface area contributed by atoms with Crippen molar-refractivity contribution in [1.29, 1.82) is 0 Å². The maximum atomic E-state index is 5.83. The van der Waals surface area contributed by atoms with Crippen LogP contribution in [-0.4, -0.2) is 25.2 Å². The van der Waals surface area contributed by atoms with E-state index in [0.29, 0.717) is 0 Å². The molecule has 102 valence electrons. The summed E-state index contributed by atoms with van der Waals surface area (Å²) in [7, 11) is 0. The second-order valence-electron chi connectivity index (χ2n) is 3.95. The van der Waals surface area contributed by atoms with Crippen molar-refractivity contribution < 1.29 is 9.47 Å². The Morgan fingerprint density at radius 1 is 1.22 bits per heavy atom. The fourth-order valence-corrected chi connectivity index (χ4v) is 2.34. The van der Waals surface area contributed by atoms with E-state index in [1.807, 2.05) is 23.9 Å². The summed E-state index contributed by atoms with van der Waals surface area (Å²) in [6.45, 7) is 3.62. The summed E-state index contributed by atoms with van der Waals surface area (Å²) in [4.78, 5) is 0. The third kappa shape index (κ3) is 5.53. The number of hydrogen-bond acceptors (Lipinski definition) is 3. The molecule has 0 atom stereocenters. The Morgan fingerprint density at radius 2 is 2.06 bits per heavy atom. The van der Waals surface area contributed by atoms with Crippen molar-refractivity contribution in [2.24, 2.45) is 0 Å². The van der Waals surface area contributed by atoms with Crippen LogP contribution in [0.2, 0.25) is 0 Å². The van der Waals surface area contributed by atoms with Gasteiger partial charge in [-0.25, -0.2) is 0 Å². The topological polar surface area (TPSA) is 18.5 Å². The van der Waals surface area contributed by atoms with Crippen molar-refractivity contribution >= 4 is 27.7 Å². The van der Waals surface area contributed by atoms with Gasteiger partial charge in [0.2, 0.25) is 0 Å². The van der Waals surface area contributed by atoms with Crippen LogP contribution in [0, 0.1) is 0 Å². The van der Waals surface area contributed by atoms with Crippen molar-refractivity contribution in [1.82, 2.24) is 0 Å². The number of thioether (sulfide) groups is 1. The molecule has 0 amide bonds. The molecular weight excluding hydrogens is 312 g/mol. The molecule has 0 saturated carbocycles. The largest absolute Gasteiger partial charge is 0.493 e. The Hall–Kier alpha value is -0.350. The molecule has 0 heterocycles. The molecule has 0 fully saturated rings. The van der Waals surface area contributed by atoms with Gasteiger partial charge in [-0.1, -0.05) is 28.9 Å². The molecule has 18 heavy (non-hydrogen) atoms. The number of halogens is 1. The second kappa shape index (κ2) is 9.56. The van der Waals surface area contributed by atoms with E-state index in [1.165, 1.54) is 5.56 Å². The fraction of sp³-hybridized carbons (Fsp3) is 0.571. The molecule has 0 unspecified atom stereocenters. The molecule has 0 aliphatic heterocycles. The third-order valence-electron chi connectivity index (χ3n) is 2.41. The first-order valence-corrected chi connectivity index (χ1v) is 8.76. The zero-order valence-electron chi connectivity index (χ0n) is 11.1. The summed E-state index contributed by atoms with van der Waals surface area (Å²) in [5, 5.41) is 0.804. The van der Waals surface area contributed by atoms with E-state index < -0.39 is 0 Å². The lowest BCUT2D eigenvalue weighted by Crippen LogP contribution is -2.02. The Morgan fingerprint density at radius 3 is 2.72 bits per heavy atom. The van der Waals surface area contributed by atoms with Gasteiger partial charge in [0, 0.05) is 17.0 Å². The summed E-state index contributed by atoms with van der Waals surface area (Å²) in [6, 6.07) is 6.05. The predicted molar refractivity (Wildman–Crippen MR) is 83.4 cm³/mol. The lowest BCUT2D eigenvalue weighted by atomic mass is 10.2. The molecule has 1 rings (SSSR count). The molecule has 4 heteroatoms. The van der Waals surface area contributed by atoms with Crippen LogP contribution in [0.15, 0.2) is 18.2 Å². The van der Waals surface area contributed by atoms with Crippen LogP contribution < -0.4 is 9.47 Å². The predicted octanol–water partition coefficient (Wildman–Crippen LogP) is 4.50. The average molecular weight is 333 g/mol. The molecule has 0 aliphatic carbocycles. The molecule has 1 aromatic rings. The smallest absolute Gasteiger partial charge is 0.127 e. The Labute approximate surface area is 123 Å². The molecular formula is C14H21BrO2S. The number of benzene rings is 1. The maximum Gasteiger partial charge on any atom is 0.127 e. The number of rotatable bonds is 9. The highest BCUT2D eigenvalue weighted by Crippen LogP contribution is 2.27. The van der Waals surface area contributed by atoms with Crippen molar-refractivity contribution in [3.8, 4) is 11.5 Å². The summed E-state index contributed by atoms with van der Waals surface area (Å²) in [5.41, 5.74) is 1.17. The van der Waals surface area contributed by atoms with E-state index >= 15 is 0 Å². The maximum absolute atomic E-state index is 5.83. The first-order valence-electron chi connectivity index (χ1n) is 6.25. The van der Waals surface area contributed by atoms with Gasteiger partial charge >= 0.3 is 0 Å². The normalized spacial score (nSPS) is 10.4. The highest BCUT2D eigenvalue weighted by atomic mass is 79.9. The van der Waals surface area contributed by atoms with Gasteiger partial charge < -0.3 is 9.47 Å². The van der Waals surface area contributed by atoms with Gasteiger partial charge in [0.05, 0.1) is 13.2 Å². The lowest BCUT2D eigenvalue weighted by molar-refractivity contribution is 0.301. The minimum Gasteiger partial charge on any atom is -0.493 e. The lowest BCUT2D eigenvalue weighted by Gasteiger charge is -2.12. The van der Waals surface area contributed by atoms with E-state index in [4.69, 9.17) is 9.47 Å². The minimum absolute atomic E-state index is 0.750. The molecule has 0 saturated heterocycles. The van der Waals surface area contributed by atoms with Gasteiger partial charge in [-0.2, -0.15) is 11.8 Å². The quantitative estimate of drug-likeness (QED) is 0.490. The van der Waals surface area contributed by atoms with Crippen LogP contribution in [0.25, 0.3) is 0 Å². The molecule has 0 aromatic heterocycles. The molecule has 2 nitrogen and oxygen atoms in total. The molecule has 0 bridgehead atoms. The summed E-state index contributed by atoms with van der Waals surface area (Å²) >= 11 is 5.33. The minimum atomic E-state index is 0.750. The highest BCUT2D eigenvalue weighted by molar-refractivity contribution is 9.08. The molecule has 0 radical (unpaired) electrons. The van der Waals surface area contributed by atoms with Crippen molar-refractivity contribution in [3.05, 3.63) is 23.8 Å². The van der Waals surface area contributed by atoms with Crippen molar-refractivity contribution in [2.45, 2.75) is 25.1 Å². The van der Waals surface area contributed by atoms with E-state index in [-0.39, 0.29) is 0 Å². The van der Waals surface area contributed by atoms with Gasteiger partial charge in [0.1, 0.15) is 11.5 Å². The van der Waals surface area contributed by atoms with E-state index in [9.17, 15) is 0 Å². The molecule has 0 aliphatic rings. The number of hydrogen-bond donors (Lipinski definition) is 0. The highest BCUT2D eigenvalue weighted by Gasteiger charge is 2.05. The first kappa shape index (κ1) is 15.7. The average Bonchev–Trinajstić information content (AvgIpc) is 2.41. The standard InChI is InChI=1S/C14H21BrO2S/c1-3-7-16-13-6-5-12(11-15)14(10-13)17-8-4-9-18-2/h5-6,10H,3-4,7-9,11H2,1-2H3. The second-order valence-corrected chi connectivity index (χ2v) is 5.49. The summed E-state index contributed by atoms with van der Waals surface area (Å²) in [6.07, 6.45) is 4.20. The van der Waals surface area contributed by atoms with E-state index in [2.05, 4.69) is 35.2 Å². The Kier molecular flexibility index (Phi) is 8.34. The van der Waals surface area contributed by atoms with Gasteiger partial charge in [0.15, 0.2) is 0 Å². The van der Waals surface area contributed by atoms with Crippen molar-refractivity contribution in [2.75, 3.05) is 25.2 Å². The zero-order chi connectivity index (χ0) is 13.2. The van der Waals surface area contributed by atoms with Crippen LogP contribution in [0.4, 0.5) is 0 Å². The molecule has 1 aromatic carbocycles. The number of alkyl halides is 1. The monoisotopic (exact) mass is 332 g/mol. The van der Waals surface area contributed by atoms with Crippen LogP contribution in [0.3, 0.4) is 0 Å². The molecule has 0 spiro atoms. The van der Waals surface area contributed by atoms with Gasteiger partial charge in [-0.05, 0) is 30.9 Å². The van der Waals surface area contributed by atoms with Crippen LogP contribution in [-0.2, 0) is 5.33 Å². The van der Waals surface area contributed by atoms with Gasteiger partial charge in [-0.3, -0.25) is 0 Å². The Balaban J connectivity index is 2.60. The summed E-state index contributed by atoms with van der Waals surface area (Å²) < 4.78 is 11.5. The third-order valence-corrected chi connectivity index (χ3v) is 3.71. The van der Waals surface area contributed by atoms with E-state index in [0.717, 1.165) is 48.6 Å².